The van der Waals surface area contributed by atoms with E-state index in [2.05, 4.69) is 11.9 Å². The van der Waals surface area contributed by atoms with Gasteiger partial charge in [0.2, 0.25) is 5.91 Å². The molecule has 0 aromatic rings. The first-order valence-corrected chi connectivity index (χ1v) is 3.70. The second kappa shape index (κ2) is 2.89. The number of rotatable bonds is 1. The average molecular weight is 167 g/mol. The Morgan fingerprint density at radius 1 is 1.75 bits per heavy atom. The van der Waals surface area contributed by atoms with E-state index < -0.39 is 0 Å². The van der Waals surface area contributed by atoms with Crippen molar-refractivity contribution < 1.29 is 4.79 Å². The fraction of sp³-hybridized carbons (Fsp3) is 0.375. The van der Waals surface area contributed by atoms with Gasteiger partial charge in [-0.25, -0.2) is 0 Å². The smallest absolute Gasteiger partial charge is 0.246 e. The molecular formula is C8H13N3O. The highest BCUT2D eigenvalue weighted by Crippen LogP contribution is 2.15. The molecule has 1 aliphatic heterocycles. The van der Waals surface area contributed by atoms with Crippen LogP contribution in [0.3, 0.4) is 0 Å². The highest BCUT2D eigenvalue weighted by molar-refractivity contribution is 5.82. The number of likely N-dealkylation sites (N-methyl/N-ethyl adjacent to an activating group) is 1. The molecule has 4 nitrogen and oxygen atoms in total. The first kappa shape index (κ1) is 8.64. The van der Waals surface area contributed by atoms with Gasteiger partial charge in [-0.15, -0.1) is 0 Å². The minimum absolute atomic E-state index is 0.00204. The zero-order chi connectivity index (χ0) is 9.30. The molecule has 4 heteroatoms. The number of carbonyl (C=O) groups is 1. The summed E-state index contributed by atoms with van der Waals surface area (Å²) in [6, 6.07) is 0. The van der Waals surface area contributed by atoms with Crippen molar-refractivity contribution in [1.29, 1.82) is 0 Å². The lowest BCUT2D eigenvalue weighted by Crippen LogP contribution is -2.44. The first-order chi connectivity index (χ1) is 5.54. The van der Waals surface area contributed by atoms with Gasteiger partial charge in [-0.3, -0.25) is 4.79 Å². The molecule has 0 atom stereocenters. The van der Waals surface area contributed by atoms with Crippen LogP contribution in [0.25, 0.3) is 0 Å². The van der Waals surface area contributed by atoms with Crippen LogP contribution >= 0.6 is 0 Å². The number of carbonyl (C=O) groups excluding carboxylic acids is 1. The standard InChI is InChI=1S/C8H13N3O/c1-5(2)7-8(9)10-4-6(12)11(7)3/h10H,1,4,9H2,2-3H3. The van der Waals surface area contributed by atoms with Crippen molar-refractivity contribution in [3.63, 3.8) is 0 Å². The number of hydrogen-bond acceptors (Lipinski definition) is 3. The number of allylic oxidation sites excluding steroid dienone is 1. The van der Waals surface area contributed by atoms with E-state index >= 15 is 0 Å². The number of hydrogen-bond donors (Lipinski definition) is 2. The normalized spacial score (nSPS) is 17.8. The molecule has 0 unspecified atom stereocenters. The van der Waals surface area contributed by atoms with Crippen LogP contribution in [0, 0.1) is 0 Å². The molecule has 12 heavy (non-hydrogen) atoms. The number of nitrogens with two attached hydrogens (primary N) is 1. The molecule has 0 aromatic heterocycles. The minimum atomic E-state index is 0.00204. The van der Waals surface area contributed by atoms with Crippen molar-refractivity contribution in [2.45, 2.75) is 6.92 Å². The summed E-state index contributed by atoms with van der Waals surface area (Å²) in [6.45, 7) is 5.82. The van der Waals surface area contributed by atoms with Gasteiger partial charge in [-0.2, -0.15) is 0 Å². The maximum Gasteiger partial charge on any atom is 0.246 e. The number of nitrogens with one attached hydrogen (secondary N) is 1. The van der Waals surface area contributed by atoms with Gasteiger partial charge in [0, 0.05) is 7.05 Å². The van der Waals surface area contributed by atoms with Crippen molar-refractivity contribution in [1.82, 2.24) is 10.2 Å². The molecule has 0 aliphatic carbocycles. The zero-order valence-corrected chi connectivity index (χ0v) is 7.35. The molecule has 1 heterocycles. The largest absolute Gasteiger partial charge is 0.384 e. The van der Waals surface area contributed by atoms with E-state index in [1.807, 2.05) is 6.92 Å². The Kier molecular flexibility index (Phi) is 2.08. The van der Waals surface area contributed by atoms with Gasteiger partial charge < -0.3 is 16.0 Å². The van der Waals surface area contributed by atoms with E-state index in [4.69, 9.17) is 5.73 Å². The molecule has 1 aliphatic rings. The maximum atomic E-state index is 11.2. The van der Waals surface area contributed by atoms with Crippen molar-refractivity contribution in [3.8, 4) is 0 Å². The Hall–Kier alpha value is -1.45. The van der Waals surface area contributed by atoms with Crippen molar-refractivity contribution >= 4 is 5.91 Å². The Balaban J connectivity index is 3.05. The first-order valence-electron chi connectivity index (χ1n) is 3.70. The molecule has 0 saturated carbocycles. The fourth-order valence-corrected chi connectivity index (χ4v) is 1.19. The molecular weight excluding hydrogens is 154 g/mol. The predicted octanol–water partition coefficient (Wildman–Crippen LogP) is -0.248. The number of amides is 1. The van der Waals surface area contributed by atoms with Crippen LogP contribution in [0.5, 0.6) is 0 Å². The molecule has 0 bridgehead atoms. The van der Waals surface area contributed by atoms with Gasteiger partial charge in [0.05, 0.1) is 12.2 Å². The molecule has 0 radical (unpaired) electrons. The Morgan fingerprint density at radius 3 is 2.75 bits per heavy atom. The van der Waals surface area contributed by atoms with Gasteiger partial charge >= 0.3 is 0 Å². The Morgan fingerprint density at radius 2 is 2.33 bits per heavy atom. The quantitative estimate of drug-likeness (QED) is 0.566. The summed E-state index contributed by atoms with van der Waals surface area (Å²) in [6.07, 6.45) is 0. The second-order valence-corrected chi connectivity index (χ2v) is 2.85. The highest BCUT2D eigenvalue weighted by Gasteiger charge is 2.21. The summed E-state index contributed by atoms with van der Waals surface area (Å²) in [7, 11) is 1.69. The van der Waals surface area contributed by atoms with Crippen molar-refractivity contribution in [2.24, 2.45) is 5.73 Å². The summed E-state index contributed by atoms with van der Waals surface area (Å²) >= 11 is 0. The van der Waals surface area contributed by atoms with E-state index in [9.17, 15) is 4.79 Å². The summed E-state index contributed by atoms with van der Waals surface area (Å²) in [5, 5.41) is 2.80. The second-order valence-electron chi connectivity index (χ2n) is 2.85. The lowest BCUT2D eigenvalue weighted by Gasteiger charge is -2.28. The van der Waals surface area contributed by atoms with Gasteiger partial charge in [0.1, 0.15) is 5.82 Å². The van der Waals surface area contributed by atoms with Crippen LogP contribution in [0.1, 0.15) is 6.92 Å². The summed E-state index contributed by atoms with van der Waals surface area (Å²) in [5.41, 5.74) is 7.12. The molecule has 3 N–H and O–H groups in total. The van der Waals surface area contributed by atoms with Crippen molar-refractivity contribution in [2.75, 3.05) is 13.6 Å². The minimum Gasteiger partial charge on any atom is -0.384 e. The van der Waals surface area contributed by atoms with E-state index in [1.165, 1.54) is 4.90 Å². The Labute approximate surface area is 71.7 Å². The van der Waals surface area contributed by atoms with Crippen LogP contribution in [-0.4, -0.2) is 24.4 Å². The maximum absolute atomic E-state index is 11.2. The molecule has 0 fully saturated rings. The number of nitrogens with zero attached hydrogens (tertiary/aromatic N) is 1. The third-order valence-corrected chi connectivity index (χ3v) is 1.80. The fourth-order valence-electron chi connectivity index (χ4n) is 1.19. The van der Waals surface area contributed by atoms with E-state index in [0.717, 1.165) is 5.57 Å². The van der Waals surface area contributed by atoms with Crippen LogP contribution in [0.2, 0.25) is 0 Å². The molecule has 0 spiro atoms. The monoisotopic (exact) mass is 167 g/mol. The predicted molar refractivity (Wildman–Crippen MR) is 46.8 cm³/mol. The third kappa shape index (κ3) is 1.28. The van der Waals surface area contributed by atoms with Crippen LogP contribution in [0.15, 0.2) is 23.7 Å². The van der Waals surface area contributed by atoms with Crippen LogP contribution in [0.4, 0.5) is 0 Å². The Bertz CT molecular complexity index is 267. The summed E-state index contributed by atoms with van der Waals surface area (Å²) in [5.74, 6) is 0.520. The van der Waals surface area contributed by atoms with Gasteiger partial charge in [0.25, 0.3) is 0 Å². The topological polar surface area (TPSA) is 58.4 Å². The SMILES string of the molecule is C=C(C)C1=C(N)NCC(=O)N1C. The third-order valence-electron chi connectivity index (χ3n) is 1.80. The van der Waals surface area contributed by atoms with Gasteiger partial charge in [-0.1, -0.05) is 6.58 Å². The van der Waals surface area contributed by atoms with E-state index in [-0.39, 0.29) is 12.5 Å². The van der Waals surface area contributed by atoms with Gasteiger partial charge in [0.15, 0.2) is 0 Å². The van der Waals surface area contributed by atoms with Crippen LogP contribution in [-0.2, 0) is 4.79 Å². The van der Waals surface area contributed by atoms with Crippen LogP contribution < -0.4 is 11.1 Å². The zero-order valence-electron chi connectivity index (χ0n) is 7.35. The van der Waals surface area contributed by atoms with E-state index in [0.29, 0.717) is 11.5 Å². The lowest BCUT2D eigenvalue weighted by atomic mass is 10.2. The molecule has 0 saturated heterocycles. The molecule has 0 aromatic carbocycles. The summed E-state index contributed by atoms with van der Waals surface area (Å²) < 4.78 is 0. The molecule has 1 amide bonds. The van der Waals surface area contributed by atoms with Crippen molar-refractivity contribution in [3.05, 3.63) is 23.7 Å². The molecule has 66 valence electrons. The van der Waals surface area contributed by atoms with E-state index in [1.54, 1.807) is 7.05 Å². The van der Waals surface area contributed by atoms with Gasteiger partial charge in [-0.05, 0) is 12.5 Å². The average Bonchev–Trinajstić information content (AvgIpc) is 1.97. The molecule has 1 rings (SSSR count). The summed E-state index contributed by atoms with van der Waals surface area (Å²) in [4.78, 5) is 12.7. The lowest BCUT2D eigenvalue weighted by molar-refractivity contribution is -0.127. The highest BCUT2D eigenvalue weighted by atomic mass is 16.2.